The van der Waals surface area contributed by atoms with E-state index in [1.54, 1.807) is 12.1 Å². The van der Waals surface area contributed by atoms with Gasteiger partial charge in [0.1, 0.15) is 11.5 Å². The monoisotopic (exact) mass is 433 g/mol. The molecule has 1 unspecified atom stereocenters. The summed E-state index contributed by atoms with van der Waals surface area (Å²) < 4.78 is 67.1. The minimum atomic E-state index is -2.97. The number of benzene rings is 2. The van der Waals surface area contributed by atoms with Crippen molar-refractivity contribution in [2.75, 3.05) is 7.11 Å². The molecular weight excluding hydrogens is 418 g/mol. The van der Waals surface area contributed by atoms with Gasteiger partial charge in [0.2, 0.25) is 0 Å². The van der Waals surface area contributed by atoms with Gasteiger partial charge in [-0.05, 0) is 30.3 Å². The molecule has 6 nitrogen and oxygen atoms in total. The molecule has 4 rings (SSSR count). The third-order valence-electron chi connectivity index (χ3n) is 4.49. The molecule has 1 aliphatic heterocycles. The van der Waals surface area contributed by atoms with Gasteiger partial charge < -0.3 is 14.0 Å². The first kappa shape index (κ1) is 20.6. The van der Waals surface area contributed by atoms with Gasteiger partial charge in [-0.15, -0.1) is 0 Å². The minimum absolute atomic E-state index is 0.0183. The van der Waals surface area contributed by atoms with Crippen molar-refractivity contribution in [3.05, 3.63) is 65.4 Å². The third kappa shape index (κ3) is 4.42. The molecule has 1 aliphatic rings. The second kappa shape index (κ2) is 8.58. The van der Waals surface area contributed by atoms with Crippen molar-refractivity contribution < 1.29 is 31.6 Å². The van der Waals surface area contributed by atoms with E-state index < -0.39 is 24.3 Å². The van der Waals surface area contributed by atoms with E-state index in [9.17, 15) is 17.6 Å². The second-order valence-electron chi connectivity index (χ2n) is 6.53. The topological polar surface area (TPSA) is 69.2 Å². The summed E-state index contributed by atoms with van der Waals surface area (Å²) in [5.41, 5.74) is 1.00. The van der Waals surface area contributed by atoms with Gasteiger partial charge in [-0.2, -0.15) is 8.78 Å². The second-order valence-corrected chi connectivity index (χ2v) is 6.53. The lowest BCUT2D eigenvalue weighted by Gasteiger charge is -2.10. The van der Waals surface area contributed by atoms with Crippen LogP contribution in [0.15, 0.2) is 57.0 Å². The minimum Gasteiger partial charge on any atom is -0.493 e. The first-order valence-electron chi connectivity index (χ1n) is 9.10. The molecule has 10 heteroatoms. The molecule has 2 heterocycles. The highest BCUT2D eigenvalue weighted by molar-refractivity contribution is 6.07. The molecule has 1 atom stereocenters. The van der Waals surface area contributed by atoms with Crippen molar-refractivity contribution in [2.45, 2.75) is 19.1 Å². The summed E-state index contributed by atoms with van der Waals surface area (Å²) in [6.07, 6.45) is 1.81. The predicted octanol–water partition coefficient (Wildman–Crippen LogP) is 4.67. The van der Waals surface area contributed by atoms with Gasteiger partial charge in [0.15, 0.2) is 29.0 Å². The summed E-state index contributed by atoms with van der Waals surface area (Å²) in [4.78, 5) is 8.37. The molecule has 0 spiro atoms. The van der Waals surface area contributed by atoms with Crippen molar-refractivity contribution in [3.63, 3.8) is 0 Å². The van der Waals surface area contributed by atoms with E-state index in [1.807, 2.05) is 0 Å². The Morgan fingerprint density at radius 1 is 1.10 bits per heavy atom. The van der Waals surface area contributed by atoms with Crippen LogP contribution < -0.4 is 9.47 Å². The average molecular weight is 433 g/mol. The van der Waals surface area contributed by atoms with Gasteiger partial charge in [0, 0.05) is 24.3 Å². The van der Waals surface area contributed by atoms with Crippen LogP contribution in [0.5, 0.6) is 11.5 Å². The lowest BCUT2D eigenvalue weighted by molar-refractivity contribution is -0.0512. The molecular formula is C21H15F4N3O3. The fourth-order valence-corrected chi connectivity index (χ4v) is 3.07. The summed E-state index contributed by atoms with van der Waals surface area (Å²) in [7, 11) is 1.34. The maximum atomic E-state index is 13.9. The number of aromatic nitrogens is 1. The van der Waals surface area contributed by atoms with Crippen molar-refractivity contribution in [1.82, 2.24) is 5.16 Å². The summed E-state index contributed by atoms with van der Waals surface area (Å²) in [6.45, 7) is -2.97. The number of nitrogens with zero attached hydrogens (tertiary/aromatic N) is 3. The van der Waals surface area contributed by atoms with Crippen LogP contribution >= 0.6 is 0 Å². The van der Waals surface area contributed by atoms with Crippen LogP contribution in [0.3, 0.4) is 0 Å². The van der Waals surface area contributed by atoms with E-state index in [2.05, 4.69) is 19.9 Å². The van der Waals surface area contributed by atoms with Crippen LogP contribution in [0.1, 0.15) is 11.3 Å². The fraction of sp³-hybridized carbons (Fsp3) is 0.190. The van der Waals surface area contributed by atoms with E-state index in [-0.39, 0.29) is 22.9 Å². The zero-order valence-corrected chi connectivity index (χ0v) is 16.1. The Morgan fingerprint density at radius 3 is 2.71 bits per heavy atom. The van der Waals surface area contributed by atoms with Gasteiger partial charge in [0.25, 0.3) is 0 Å². The lowest BCUT2D eigenvalue weighted by Crippen LogP contribution is -2.07. The van der Waals surface area contributed by atoms with Crippen LogP contribution in [0.2, 0.25) is 0 Å². The van der Waals surface area contributed by atoms with Crippen molar-refractivity contribution in [3.8, 4) is 22.8 Å². The highest BCUT2D eigenvalue weighted by atomic mass is 19.3. The Morgan fingerprint density at radius 2 is 1.94 bits per heavy atom. The summed E-state index contributed by atoms with van der Waals surface area (Å²) >= 11 is 0. The summed E-state index contributed by atoms with van der Waals surface area (Å²) in [5, 5.41) is 3.98. The third-order valence-corrected chi connectivity index (χ3v) is 4.49. The molecule has 0 saturated carbocycles. The standard InChI is InChI=1S/C21H15F4N3O3/c1-29-18-7-11(5-6-17(18)30-21(24)25)16-9-13(31-28-16)8-12-10-26-20(27-12)14-3-2-4-15(22)19(14)23/h2-7,9-10,12,21H,8H2,1H3. The van der Waals surface area contributed by atoms with E-state index >= 15 is 0 Å². The van der Waals surface area contributed by atoms with Gasteiger partial charge in [-0.1, -0.05) is 11.2 Å². The van der Waals surface area contributed by atoms with Crippen LogP contribution in [-0.2, 0) is 6.42 Å². The molecule has 0 amide bonds. The van der Waals surface area contributed by atoms with Gasteiger partial charge in [-0.25, -0.2) is 13.8 Å². The fourth-order valence-electron chi connectivity index (χ4n) is 3.07. The van der Waals surface area contributed by atoms with E-state index in [4.69, 9.17) is 9.26 Å². The first-order valence-corrected chi connectivity index (χ1v) is 9.10. The molecule has 0 radical (unpaired) electrons. The molecule has 31 heavy (non-hydrogen) atoms. The van der Waals surface area contributed by atoms with Gasteiger partial charge in [-0.3, -0.25) is 4.99 Å². The number of ether oxygens (including phenoxy) is 2. The molecule has 2 aromatic carbocycles. The lowest BCUT2D eigenvalue weighted by atomic mass is 10.1. The van der Waals surface area contributed by atoms with Crippen LogP contribution in [0.25, 0.3) is 11.3 Å². The molecule has 0 fully saturated rings. The number of alkyl halides is 2. The SMILES string of the molecule is COc1cc(-c2cc(CC3C=NC(c4cccc(F)c4F)=N3)on2)ccc1OC(F)F. The van der Waals surface area contributed by atoms with Crippen molar-refractivity contribution in [1.29, 1.82) is 0 Å². The van der Waals surface area contributed by atoms with Crippen LogP contribution in [0.4, 0.5) is 17.6 Å². The highest BCUT2D eigenvalue weighted by Gasteiger charge is 2.21. The Labute approximate surface area is 173 Å². The summed E-state index contributed by atoms with van der Waals surface area (Å²) in [6, 6.07) is 9.42. The number of rotatable bonds is 7. The number of amidine groups is 1. The van der Waals surface area contributed by atoms with Crippen LogP contribution in [-0.4, -0.2) is 37.0 Å². The van der Waals surface area contributed by atoms with E-state index in [0.29, 0.717) is 23.4 Å². The number of methoxy groups -OCH3 is 1. The van der Waals surface area contributed by atoms with Crippen molar-refractivity contribution in [2.24, 2.45) is 9.98 Å². The smallest absolute Gasteiger partial charge is 0.387 e. The number of halogens is 4. The van der Waals surface area contributed by atoms with Crippen LogP contribution in [0, 0.1) is 11.6 Å². The van der Waals surface area contributed by atoms with Gasteiger partial charge in [0.05, 0.1) is 18.7 Å². The molecule has 1 aromatic heterocycles. The Kier molecular flexibility index (Phi) is 5.70. The first-order chi connectivity index (χ1) is 14.9. The number of hydrogen-bond acceptors (Lipinski definition) is 6. The normalized spacial score (nSPS) is 15.4. The largest absolute Gasteiger partial charge is 0.493 e. The Balaban J connectivity index is 1.49. The van der Waals surface area contributed by atoms with Gasteiger partial charge >= 0.3 is 6.61 Å². The highest BCUT2D eigenvalue weighted by Crippen LogP contribution is 2.33. The zero-order valence-electron chi connectivity index (χ0n) is 16.1. The maximum Gasteiger partial charge on any atom is 0.387 e. The van der Waals surface area contributed by atoms with E-state index in [0.717, 1.165) is 6.07 Å². The molecule has 3 aromatic rings. The van der Waals surface area contributed by atoms with E-state index in [1.165, 1.54) is 37.6 Å². The zero-order chi connectivity index (χ0) is 22.0. The van der Waals surface area contributed by atoms with Crippen molar-refractivity contribution >= 4 is 12.1 Å². The Hall–Kier alpha value is -3.69. The molecule has 0 N–H and O–H groups in total. The molecule has 0 saturated heterocycles. The predicted molar refractivity (Wildman–Crippen MR) is 104 cm³/mol. The molecule has 160 valence electrons. The maximum absolute atomic E-state index is 13.9. The quantitative estimate of drug-likeness (QED) is 0.508. The molecule has 0 bridgehead atoms. The average Bonchev–Trinajstić information content (AvgIpc) is 3.40. The number of aliphatic imine (C=N–C) groups is 2. The summed E-state index contributed by atoms with van der Waals surface area (Å²) in [5.74, 6) is -1.38. The molecule has 0 aliphatic carbocycles. The number of hydrogen-bond donors (Lipinski definition) is 0. The Bertz CT molecular complexity index is 1160.